The van der Waals surface area contributed by atoms with Gasteiger partial charge in [-0.15, -0.1) is 16.6 Å². The molecule has 274 valence electrons. The summed E-state index contributed by atoms with van der Waals surface area (Å²) in [7, 11) is 0. The highest BCUT2D eigenvalue weighted by atomic mass is 79.9. The lowest BCUT2D eigenvalue weighted by molar-refractivity contribution is 0.617. The largest absolute Gasteiger partial charge is 0.399 e. The monoisotopic (exact) mass is 925 g/mol. The van der Waals surface area contributed by atoms with Crippen LogP contribution in [0.2, 0.25) is 0 Å². The van der Waals surface area contributed by atoms with Gasteiger partial charge in [0.25, 0.3) is 0 Å². The number of terminal acetylenes is 1. The van der Waals surface area contributed by atoms with Crippen LogP contribution in [0.1, 0.15) is 5.56 Å². The third-order valence-electron chi connectivity index (χ3n) is 7.38. The Kier molecular flexibility index (Phi) is 14.7. The quantitative estimate of drug-likeness (QED) is 0.140. The summed E-state index contributed by atoms with van der Waals surface area (Å²) in [5.41, 5.74) is 11.5. The second-order valence-corrected chi connectivity index (χ2v) is 13.8. The minimum absolute atomic E-state index is 0.324. The van der Waals surface area contributed by atoms with Gasteiger partial charge in [0.1, 0.15) is 23.1 Å². The number of halogens is 6. The first-order valence-electron chi connectivity index (χ1n) is 16.2. The maximum absolute atomic E-state index is 13.6. The van der Waals surface area contributed by atoms with Gasteiger partial charge in [-0.25, -0.2) is 22.5 Å². The molecular weight excluding hydrogens is 899 g/mol. The zero-order valence-electron chi connectivity index (χ0n) is 28.6. The molecule has 8 aromatic rings. The lowest BCUT2D eigenvalue weighted by Gasteiger charge is -2.06. The minimum Gasteiger partial charge on any atom is -0.399 e. The second kappa shape index (κ2) is 20.0. The SMILES string of the molecule is C#Cc1ccccc1.Fc1cc(-n2cc(-c3ccccc3)nn2)ccc1Br.Fc1cc(-n2nncc2-c2ccccc2)ccc1Br.Nc1ccc(Br)c(F)c1. The van der Waals surface area contributed by atoms with Crippen molar-refractivity contribution in [2.24, 2.45) is 0 Å². The summed E-state index contributed by atoms with van der Waals surface area (Å²) in [6.45, 7) is 0. The first kappa shape index (κ1) is 40.4. The van der Waals surface area contributed by atoms with Crippen LogP contribution >= 0.6 is 47.8 Å². The van der Waals surface area contributed by atoms with Gasteiger partial charge in [0.05, 0.1) is 42.9 Å². The van der Waals surface area contributed by atoms with E-state index < -0.39 is 0 Å². The summed E-state index contributed by atoms with van der Waals surface area (Å²) in [6, 6.07) is 43.2. The Labute approximate surface area is 341 Å². The van der Waals surface area contributed by atoms with Crippen LogP contribution in [0.5, 0.6) is 0 Å². The maximum Gasteiger partial charge on any atom is 0.139 e. The van der Waals surface area contributed by atoms with Gasteiger partial charge in [-0.2, -0.15) is 0 Å². The van der Waals surface area contributed by atoms with Crippen LogP contribution in [0.25, 0.3) is 33.9 Å². The molecule has 0 bridgehead atoms. The fraction of sp³-hybridized carbons (Fsp3) is 0. The topological polar surface area (TPSA) is 87.4 Å². The lowest BCUT2D eigenvalue weighted by Crippen LogP contribution is -2.00. The fourth-order valence-corrected chi connectivity index (χ4v) is 5.39. The first-order chi connectivity index (χ1) is 26.6. The lowest BCUT2D eigenvalue weighted by atomic mass is 10.1. The molecule has 0 amide bonds. The standard InChI is InChI=1S/2C14H9BrFN3.C8H6.C6H5BrFN/c15-12-7-6-11(8-13(12)16)19-9-14(17-18-19)10-4-2-1-3-5-10;15-12-7-6-11(8-13(12)16)19-14(9-17-18-19)10-4-2-1-3-5-10;1-2-8-6-4-3-5-7-8;7-5-2-1-4(9)3-6(5)8/h2*1-9H;1,3-7H;1-3H,9H2. The highest BCUT2D eigenvalue weighted by molar-refractivity contribution is 9.11. The molecule has 13 heteroatoms. The number of aromatic nitrogens is 6. The van der Waals surface area contributed by atoms with E-state index in [-0.39, 0.29) is 17.5 Å². The zero-order chi connectivity index (χ0) is 39.2. The maximum atomic E-state index is 13.6. The van der Waals surface area contributed by atoms with Crippen LogP contribution in [0.4, 0.5) is 18.9 Å². The van der Waals surface area contributed by atoms with Crippen molar-refractivity contribution in [3.05, 3.63) is 194 Å². The molecule has 8 rings (SSSR count). The predicted octanol–water partition coefficient (Wildman–Crippen LogP) is 11.5. The average molecular weight is 928 g/mol. The van der Waals surface area contributed by atoms with E-state index in [4.69, 9.17) is 12.2 Å². The van der Waals surface area contributed by atoms with Crippen molar-refractivity contribution in [2.45, 2.75) is 0 Å². The molecule has 0 aliphatic carbocycles. The van der Waals surface area contributed by atoms with E-state index in [9.17, 15) is 13.2 Å². The molecule has 0 saturated carbocycles. The molecule has 0 spiro atoms. The van der Waals surface area contributed by atoms with Gasteiger partial charge in [-0.1, -0.05) is 95.2 Å². The molecule has 0 saturated heterocycles. The van der Waals surface area contributed by atoms with Crippen molar-refractivity contribution in [1.82, 2.24) is 30.0 Å². The average Bonchev–Trinajstić information content (AvgIpc) is 3.92. The van der Waals surface area contributed by atoms with Crippen LogP contribution in [-0.2, 0) is 0 Å². The molecule has 0 fully saturated rings. The minimum atomic E-state index is -0.327. The number of anilines is 1. The Bertz CT molecular complexity index is 2490. The number of hydrogen-bond donors (Lipinski definition) is 1. The van der Waals surface area contributed by atoms with Gasteiger partial charge in [-0.05, 0) is 102 Å². The molecular formula is C42H29Br3F3N7. The van der Waals surface area contributed by atoms with Crippen molar-refractivity contribution in [3.63, 3.8) is 0 Å². The smallest absolute Gasteiger partial charge is 0.139 e. The number of hydrogen-bond acceptors (Lipinski definition) is 5. The van der Waals surface area contributed by atoms with E-state index in [2.05, 4.69) is 74.3 Å². The van der Waals surface area contributed by atoms with Crippen molar-refractivity contribution < 1.29 is 13.2 Å². The van der Waals surface area contributed by atoms with E-state index in [1.54, 1.807) is 58.2 Å². The Morgan fingerprint density at radius 1 is 0.582 bits per heavy atom. The highest BCUT2D eigenvalue weighted by Crippen LogP contribution is 2.24. The molecule has 55 heavy (non-hydrogen) atoms. The van der Waals surface area contributed by atoms with Crippen LogP contribution < -0.4 is 5.73 Å². The molecule has 0 atom stereocenters. The summed E-state index contributed by atoms with van der Waals surface area (Å²) in [5, 5.41) is 16.0. The predicted molar refractivity (Wildman–Crippen MR) is 222 cm³/mol. The number of benzene rings is 6. The van der Waals surface area contributed by atoms with Crippen LogP contribution in [0.15, 0.2) is 171 Å². The molecule has 0 aliphatic rings. The van der Waals surface area contributed by atoms with Crippen LogP contribution in [-0.4, -0.2) is 30.0 Å². The number of nitrogen functional groups attached to an aromatic ring is 1. The molecule has 7 nitrogen and oxygen atoms in total. The summed E-state index contributed by atoms with van der Waals surface area (Å²) >= 11 is 9.26. The highest BCUT2D eigenvalue weighted by Gasteiger charge is 2.10. The Hall–Kier alpha value is -5.81. The Morgan fingerprint density at radius 2 is 1.09 bits per heavy atom. The third kappa shape index (κ3) is 11.6. The van der Waals surface area contributed by atoms with Gasteiger partial charge in [0.15, 0.2) is 0 Å². The Balaban J connectivity index is 0.000000151. The van der Waals surface area contributed by atoms with Crippen molar-refractivity contribution in [2.75, 3.05) is 5.73 Å². The van der Waals surface area contributed by atoms with E-state index in [0.29, 0.717) is 30.5 Å². The molecule has 0 radical (unpaired) electrons. The van der Waals surface area contributed by atoms with Gasteiger partial charge < -0.3 is 5.73 Å². The van der Waals surface area contributed by atoms with Gasteiger partial charge in [0, 0.05) is 34.5 Å². The molecule has 0 aliphatic heterocycles. The summed E-state index contributed by atoms with van der Waals surface area (Å²) in [5.74, 6) is 1.55. The van der Waals surface area contributed by atoms with E-state index in [1.807, 2.05) is 91.0 Å². The molecule has 2 aromatic heterocycles. The van der Waals surface area contributed by atoms with Gasteiger partial charge in [0.2, 0.25) is 0 Å². The normalized spacial score (nSPS) is 10.1. The van der Waals surface area contributed by atoms with E-state index >= 15 is 0 Å². The first-order valence-corrected chi connectivity index (χ1v) is 18.6. The number of nitrogens with two attached hydrogens (primary N) is 1. The molecule has 2 heterocycles. The van der Waals surface area contributed by atoms with Crippen molar-refractivity contribution >= 4 is 53.5 Å². The summed E-state index contributed by atoms with van der Waals surface area (Å²) in [4.78, 5) is 0. The van der Waals surface area contributed by atoms with E-state index in [1.165, 1.54) is 18.2 Å². The molecule has 0 unspecified atom stereocenters. The summed E-state index contributed by atoms with van der Waals surface area (Å²) in [6.07, 6.45) is 8.54. The Morgan fingerprint density at radius 3 is 1.62 bits per heavy atom. The zero-order valence-corrected chi connectivity index (χ0v) is 33.4. The molecule has 2 N–H and O–H groups in total. The third-order valence-corrected chi connectivity index (χ3v) is 9.31. The van der Waals surface area contributed by atoms with Crippen molar-refractivity contribution in [3.8, 4) is 46.2 Å². The van der Waals surface area contributed by atoms with Gasteiger partial charge >= 0.3 is 0 Å². The summed E-state index contributed by atoms with van der Waals surface area (Å²) < 4.78 is 44.0. The van der Waals surface area contributed by atoms with Crippen LogP contribution in [0.3, 0.4) is 0 Å². The van der Waals surface area contributed by atoms with Crippen LogP contribution in [0, 0.1) is 29.8 Å². The van der Waals surface area contributed by atoms with E-state index in [0.717, 1.165) is 28.1 Å². The van der Waals surface area contributed by atoms with Crippen molar-refractivity contribution in [1.29, 1.82) is 0 Å². The number of rotatable bonds is 4. The van der Waals surface area contributed by atoms with Gasteiger partial charge in [-0.3, -0.25) is 0 Å². The second-order valence-electron chi connectivity index (χ2n) is 11.2. The fourth-order valence-electron chi connectivity index (χ4n) is 4.65. The number of nitrogens with zero attached hydrogens (tertiary/aromatic N) is 6. The molecule has 6 aromatic carbocycles.